The quantitative estimate of drug-likeness (QED) is 0.205. The second-order valence-electron chi connectivity index (χ2n) is 3.41. The molecule has 0 amide bonds. The molecule has 0 aliphatic carbocycles. The molecule has 92 valence electrons. The van der Waals surface area contributed by atoms with Crippen LogP contribution in [0.4, 0.5) is 0 Å². The third-order valence-corrected chi connectivity index (χ3v) is 2.15. The SMILES string of the molecule is [N-]=[N+]=NCc1ccc(C(=O)CC(=O)C(=O)O)cc1. The maximum atomic E-state index is 11.5. The smallest absolute Gasteiger partial charge is 0.372 e. The first-order chi connectivity index (χ1) is 8.54. The molecule has 1 rings (SSSR count). The lowest BCUT2D eigenvalue weighted by molar-refractivity contribution is -0.148. The highest BCUT2D eigenvalue weighted by Gasteiger charge is 2.17. The van der Waals surface area contributed by atoms with Gasteiger partial charge in [0, 0.05) is 10.5 Å². The Balaban J connectivity index is 2.73. The number of carboxylic acids is 1. The summed E-state index contributed by atoms with van der Waals surface area (Å²) in [5.74, 6) is -3.32. The summed E-state index contributed by atoms with van der Waals surface area (Å²) in [5, 5.41) is 11.7. The van der Waals surface area contributed by atoms with Gasteiger partial charge in [0.25, 0.3) is 0 Å². The number of Topliss-reactive ketones (excluding diaryl/α,β-unsaturated/α-hetero) is 2. The van der Waals surface area contributed by atoms with Crippen LogP contribution in [0.3, 0.4) is 0 Å². The van der Waals surface area contributed by atoms with E-state index in [1.54, 1.807) is 12.1 Å². The molecular formula is C11H9N3O4. The highest BCUT2D eigenvalue weighted by atomic mass is 16.4. The van der Waals surface area contributed by atoms with E-state index in [1.165, 1.54) is 12.1 Å². The Labute approximate surface area is 102 Å². The van der Waals surface area contributed by atoms with Crippen LogP contribution in [0.2, 0.25) is 0 Å². The molecule has 0 spiro atoms. The van der Waals surface area contributed by atoms with Crippen LogP contribution in [0.5, 0.6) is 0 Å². The minimum absolute atomic E-state index is 0.166. The van der Waals surface area contributed by atoms with Crippen molar-refractivity contribution in [1.29, 1.82) is 0 Å². The van der Waals surface area contributed by atoms with Crippen LogP contribution in [0.25, 0.3) is 10.4 Å². The van der Waals surface area contributed by atoms with Crippen LogP contribution < -0.4 is 0 Å². The van der Waals surface area contributed by atoms with Gasteiger partial charge in [-0.3, -0.25) is 9.59 Å². The number of carboxylic acid groups (broad SMARTS) is 1. The minimum atomic E-state index is -1.62. The lowest BCUT2D eigenvalue weighted by Gasteiger charge is -2.00. The molecule has 18 heavy (non-hydrogen) atoms. The zero-order valence-electron chi connectivity index (χ0n) is 9.24. The molecule has 0 unspecified atom stereocenters. The normalized spacial score (nSPS) is 9.33. The number of benzene rings is 1. The molecule has 0 fully saturated rings. The van der Waals surface area contributed by atoms with Crippen molar-refractivity contribution >= 4 is 17.5 Å². The number of carbonyl (C=O) groups excluding carboxylic acids is 2. The van der Waals surface area contributed by atoms with Crippen LogP contribution in [-0.2, 0) is 16.1 Å². The molecule has 0 atom stereocenters. The first-order valence-corrected chi connectivity index (χ1v) is 4.93. The monoisotopic (exact) mass is 247 g/mol. The van der Waals surface area contributed by atoms with Crippen molar-refractivity contribution in [3.63, 3.8) is 0 Å². The van der Waals surface area contributed by atoms with Gasteiger partial charge in [0.05, 0.1) is 13.0 Å². The average Bonchev–Trinajstić information content (AvgIpc) is 2.36. The fraction of sp³-hybridized carbons (Fsp3) is 0.182. The standard InChI is InChI=1S/C11H9N3O4/c12-14-13-6-7-1-3-8(4-2-7)9(15)5-10(16)11(17)18/h1-4H,5-6H2,(H,17,18). The van der Waals surface area contributed by atoms with E-state index in [1.807, 2.05) is 0 Å². The molecule has 1 N–H and O–H groups in total. The van der Waals surface area contributed by atoms with Gasteiger partial charge in [-0.05, 0) is 11.1 Å². The van der Waals surface area contributed by atoms with Crippen molar-refractivity contribution in [2.45, 2.75) is 13.0 Å². The first kappa shape index (κ1) is 13.4. The number of aliphatic carboxylic acids is 1. The van der Waals surface area contributed by atoms with Crippen LogP contribution in [0.15, 0.2) is 29.4 Å². The van der Waals surface area contributed by atoms with Crippen molar-refractivity contribution < 1.29 is 19.5 Å². The summed E-state index contributed by atoms with van der Waals surface area (Å²) in [4.78, 5) is 35.3. The molecule has 0 radical (unpaired) electrons. The van der Waals surface area contributed by atoms with Gasteiger partial charge in [-0.1, -0.05) is 29.4 Å². The zero-order valence-corrected chi connectivity index (χ0v) is 9.24. The van der Waals surface area contributed by atoms with Crippen molar-refractivity contribution in [2.24, 2.45) is 5.11 Å². The maximum Gasteiger partial charge on any atom is 0.372 e. The fourth-order valence-electron chi connectivity index (χ4n) is 1.23. The summed E-state index contributed by atoms with van der Waals surface area (Å²) in [6.45, 7) is 0.166. The number of hydrogen-bond donors (Lipinski definition) is 1. The number of carbonyl (C=O) groups is 3. The fourth-order valence-corrected chi connectivity index (χ4v) is 1.23. The molecule has 0 saturated heterocycles. The summed E-state index contributed by atoms with van der Waals surface area (Å²) >= 11 is 0. The molecule has 7 heteroatoms. The van der Waals surface area contributed by atoms with E-state index in [4.69, 9.17) is 10.6 Å². The largest absolute Gasteiger partial charge is 0.475 e. The van der Waals surface area contributed by atoms with E-state index >= 15 is 0 Å². The summed E-state index contributed by atoms with van der Waals surface area (Å²) in [5.41, 5.74) is 9.09. The summed E-state index contributed by atoms with van der Waals surface area (Å²) in [6.07, 6.45) is -0.662. The van der Waals surface area contributed by atoms with Gasteiger partial charge in [-0.15, -0.1) is 0 Å². The molecule has 0 aliphatic heterocycles. The number of rotatable bonds is 6. The van der Waals surface area contributed by atoms with E-state index in [-0.39, 0.29) is 12.1 Å². The third kappa shape index (κ3) is 3.73. The van der Waals surface area contributed by atoms with Crippen molar-refractivity contribution in [1.82, 2.24) is 0 Å². The maximum absolute atomic E-state index is 11.5. The Kier molecular flexibility index (Phi) is 4.59. The van der Waals surface area contributed by atoms with Crippen LogP contribution in [0, 0.1) is 0 Å². The second-order valence-corrected chi connectivity index (χ2v) is 3.41. The molecule has 1 aromatic carbocycles. The van der Waals surface area contributed by atoms with Crippen LogP contribution in [0.1, 0.15) is 22.3 Å². The number of nitrogens with zero attached hydrogens (tertiary/aromatic N) is 3. The number of ketones is 2. The Morgan fingerprint density at radius 1 is 1.22 bits per heavy atom. The van der Waals surface area contributed by atoms with Crippen molar-refractivity contribution in [3.8, 4) is 0 Å². The molecule has 1 aromatic rings. The van der Waals surface area contributed by atoms with Gasteiger partial charge in [-0.25, -0.2) is 4.79 Å². The van der Waals surface area contributed by atoms with E-state index in [0.29, 0.717) is 5.56 Å². The van der Waals surface area contributed by atoms with Crippen LogP contribution in [-0.4, -0.2) is 22.6 Å². The zero-order chi connectivity index (χ0) is 13.5. The van der Waals surface area contributed by atoms with Gasteiger partial charge in [0.2, 0.25) is 5.78 Å². The van der Waals surface area contributed by atoms with E-state index < -0.39 is 24.0 Å². The Hall–Kier alpha value is -2.66. The molecule has 0 aliphatic rings. The molecule has 7 nitrogen and oxygen atoms in total. The van der Waals surface area contributed by atoms with Crippen LogP contribution >= 0.6 is 0 Å². The average molecular weight is 247 g/mol. The lowest BCUT2D eigenvalue weighted by atomic mass is 10.0. The topological polar surface area (TPSA) is 120 Å². The van der Waals surface area contributed by atoms with E-state index in [2.05, 4.69) is 10.0 Å². The predicted octanol–water partition coefficient (Wildman–Crippen LogP) is 1.72. The van der Waals surface area contributed by atoms with Crippen molar-refractivity contribution in [3.05, 3.63) is 45.8 Å². The highest BCUT2D eigenvalue weighted by molar-refractivity contribution is 6.37. The second kappa shape index (κ2) is 6.17. The first-order valence-electron chi connectivity index (χ1n) is 4.93. The number of azide groups is 1. The van der Waals surface area contributed by atoms with Gasteiger partial charge in [0.1, 0.15) is 0 Å². The Morgan fingerprint density at radius 3 is 2.33 bits per heavy atom. The minimum Gasteiger partial charge on any atom is -0.475 e. The predicted molar refractivity (Wildman–Crippen MR) is 60.9 cm³/mol. The Bertz CT molecular complexity index is 530. The van der Waals surface area contributed by atoms with Gasteiger partial charge >= 0.3 is 5.97 Å². The molecule has 0 heterocycles. The molecule has 0 bridgehead atoms. The highest BCUT2D eigenvalue weighted by Crippen LogP contribution is 2.08. The molecule has 0 aromatic heterocycles. The van der Waals surface area contributed by atoms with Gasteiger partial charge in [-0.2, -0.15) is 0 Å². The van der Waals surface area contributed by atoms with E-state index in [0.717, 1.165) is 0 Å². The van der Waals surface area contributed by atoms with Crippen molar-refractivity contribution in [2.75, 3.05) is 0 Å². The lowest BCUT2D eigenvalue weighted by Crippen LogP contribution is -2.17. The molecular weight excluding hydrogens is 238 g/mol. The number of hydrogen-bond acceptors (Lipinski definition) is 4. The van der Waals surface area contributed by atoms with Gasteiger partial charge in [0.15, 0.2) is 5.78 Å². The summed E-state index contributed by atoms with van der Waals surface area (Å²) < 4.78 is 0. The summed E-state index contributed by atoms with van der Waals surface area (Å²) in [6, 6.07) is 6.07. The van der Waals surface area contributed by atoms with E-state index in [9.17, 15) is 14.4 Å². The summed E-state index contributed by atoms with van der Waals surface area (Å²) in [7, 11) is 0. The van der Waals surface area contributed by atoms with Gasteiger partial charge < -0.3 is 5.11 Å². The molecule has 0 saturated carbocycles. The Morgan fingerprint density at radius 2 is 1.83 bits per heavy atom. The third-order valence-electron chi connectivity index (χ3n) is 2.15.